The van der Waals surface area contributed by atoms with Crippen molar-refractivity contribution in [3.63, 3.8) is 0 Å². The molecule has 2 aliphatic heterocycles. The third kappa shape index (κ3) is 5.95. The second kappa shape index (κ2) is 10.8. The maximum atomic E-state index is 12.2. The van der Waals surface area contributed by atoms with Gasteiger partial charge in [-0.25, -0.2) is 16.8 Å². The van der Waals surface area contributed by atoms with E-state index >= 15 is 0 Å². The second-order valence-corrected chi connectivity index (χ2v) is 14.4. The van der Waals surface area contributed by atoms with E-state index in [0.29, 0.717) is 36.7 Å². The number of ether oxygens (including phenoxy) is 3. The SMILES string of the molecule is Cc1cc(OCCCS(C)(=O)=O)cc(C)c1-c1cccc2c1OC[C@H]2Oc1ccc(C2CC(=O)NS2(=O)=O)cc1. The Labute approximate surface area is 234 Å². The standard InChI is InChI=1S/C29H31NO8S2/c1-18-14-22(36-12-5-13-39(3,32)33)15-19(2)28(18)24-7-4-6-23-25(17-37-29(23)24)38-21-10-8-20(9-11-21)26-16-27(31)30-40(26,34)35/h4,6-11,14-15,25-26H,5,12-13,16-17H2,1-3H3,(H,30,31)/t25-,26?/m1/s1. The van der Waals surface area contributed by atoms with Crippen LogP contribution in [0, 0.1) is 13.8 Å². The molecule has 0 aromatic heterocycles. The highest BCUT2D eigenvalue weighted by Gasteiger charge is 2.38. The normalized spacial score (nSPS) is 19.5. The second-order valence-electron chi connectivity index (χ2n) is 10.2. The summed E-state index contributed by atoms with van der Waals surface area (Å²) in [6.07, 6.45) is 1.20. The number of hydrogen-bond acceptors (Lipinski definition) is 8. The summed E-state index contributed by atoms with van der Waals surface area (Å²) in [6.45, 7) is 4.65. The molecule has 1 N–H and O–H groups in total. The monoisotopic (exact) mass is 585 g/mol. The van der Waals surface area contributed by atoms with E-state index in [4.69, 9.17) is 14.2 Å². The van der Waals surface area contributed by atoms with Crippen LogP contribution >= 0.6 is 0 Å². The van der Waals surface area contributed by atoms with Crippen molar-refractivity contribution in [2.24, 2.45) is 0 Å². The van der Waals surface area contributed by atoms with Crippen LogP contribution in [0.15, 0.2) is 54.6 Å². The van der Waals surface area contributed by atoms with Gasteiger partial charge in [0.2, 0.25) is 15.9 Å². The first kappa shape index (κ1) is 28.0. The zero-order valence-corrected chi connectivity index (χ0v) is 24.1. The molecule has 1 fully saturated rings. The number of carbonyl (C=O) groups is 1. The first-order chi connectivity index (χ1) is 18.9. The van der Waals surface area contributed by atoms with Crippen LogP contribution in [-0.4, -0.2) is 48.0 Å². The van der Waals surface area contributed by atoms with E-state index in [0.717, 1.165) is 33.6 Å². The molecule has 2 aliphatic rings. The van der Waals surface area contributed by atoms with E-state index in [-0.39, 0.29) is 18.3 Å². The minimum atomic E-state index is -3.71. The first-order valence-corrected chi connectivity index (χ1v) is 16.5. The van der Waals surface area contributed by atoms with Gasteiger partial charge in [0, 0.05) is 17.4 Å². The number of rotatable bonds is 9. The number of amides is 1. The first-order valence-electron chi connectivity index (χ1n) is 12.9. The maximum Gasteiger partial charge on any atom is 0.242 e. The van der Waals surface area contributed by atoms with Crippen LogP contribution in [0.2, 0.25) is 0 Å². The summed E-state index contributed by atoms with van der Waals surface area (Å²) in [7, 11) is -6.73. The molecular formula is C29H31NO8S2. The fourth-order valence-corrected chi connectivity index (χ4v) is 7.30. The van der Waals surface area contributed by atoms with Crippen molar-refractivity contribution in [1.82, 2.24) is 4.72 Å². The molecule has 1 unspecified atom stereocenters. The molecule has 2 heterocycles. The van der Waals surface area contributed by atoms with Gasteiger partial charge < -0.3 is 14.2 Å². The van der Waals surface area contributed by atoms with Gasteiger partial charge in [0.25, 0.3) is 0 Å². The molecule has 212 valence electrons. The topological polar surface area (TPSA) is 125 Å². The minimum Gasteiger partial charge on any atom is -0.494 e. The Morgan fingerprint density at radius 3 is 2.35 bits per heavy atom. The lowest BCUT2D eigenvalue weighted by Gasteiger charge is -2.17. The van der Waals surface area contributed by atoms with Crippen molar-refractivity contribution in [3.05, 3.63) is 76.9 Å². The molecule has 1 amide bonds. The molecule has 11 heteroatoms. The summed E-state index contributed by atoms with van der Waals surface area (Å²) >= 11 is 0. The summed E-state index contributed by atoms with van der Waals surface area (Å²) in [5.74, 6) is 1.59. The zero-order valence-electron chi connectivity index (χ0n) is 22.5. The number of aryl methyl sites for hydroxylation is 2. The maximum absolute atomic E-state index is 12.2. The minimum absolute atomic E-state index is 0.0881. The van der Waals surface area contributed by atoms with Crippen molar-refractivity contribution < 1.29 is 35.8 Å². The molecule has 1 saturated heterocycles. The summed E-state index contributed by atoms with van der Waals surface area (Å²) in [5, 5.41) is -0.900. The lowest BCUT2D eigenvalue weighted by Crippen LogP contribution is -2.21. The number of benzene rings is 3. The highest BCUT2D eigenvalue weighted by atomic mass is 32.2. The van der Waals surface area contributed by atoms with Gasteiger partial charge in [-0.2, -0.15) is 0 Å². The number of sulfone groups is 1. The fraction of sp³-hybridized carbons (Fsp3) is 0.345. The molecule has 0 spiro atoms. The van der Waals surface area contributed by atoms with E-state index in [1.807, 2.05) is 48.9 Å². The molecule has 9 nitrogen and oxygen atoms in total. The average molecular weight is 586 g/mol. The summed E-state index contributed by atoms with van der Waals surface area (Å²) in [6, 6.07) is 16.6. The van der Waals surface area contributed by atoms with Gasteiger partial charge in [-0.05, 0) is 66.8 Å². The number of fused-ring (bicyclic) bond motifs is 1. The highest BCUT2D eigenvalue weighted by molar-refractivity contribution is 7.91. The summed E-state index contributed by atoms with van der Waals surface area (Å²) in [5.41, 5.74) is 5.43. The van der Waals surface area contributed by atoms with Crippen molar-refractivity contribution in [2.45, 2.75) is 38.0 Å². The largest absolute Gasteiger partial charge is 0.494 e. The molecule has 3 aromatic rings. The van der Waals surface area contributed by atoms with Crippen LogP contribution in [0.4, 0.5) is 0 Å². The molecule has 40 heavy (non-hydrogen) atoms. The van der Waals surface area contributed by atoms with Gasteiger partial charge in [-0.1, -0.05) is 30.3 Å². The van der Waals surface area contributed by atoms with Gasteiger partial charge >= 0.3 is 0 Å². The summed E-state index contributed by atoms with van der Waals surface area (Å²) in [4.78, 5) is 11.6. The number of hydrogen-bond donors (Lipinski definition) is 1. The van der Waals surface area contributed by atoms with Crippen LogP contribution in [0.1, 0.15) is 46.4 Å². The highest BCUT2D eigenvalue weighted by Crippen LogP contribution is 2.45. The van der Waals surface area contributed by atoms with Crippen molar-refractivity contribution in [3.8, 4) is 28.4 Å². The van der Waals surface area contributed by atoms with Gasteiger partial charge in [-0.15, -0.1) is 0 Å². The van der Waals surface area contributed by atoms with Gasteiger partial charge in [0.1, 0.15) is 38.9 Å². The van der Waals surface area contributed by atoms with Crippen molar-refractivity contribution >= 4 is 25.8 Å². The third-order valence-electron chi connectivity index (χ3n) is 7.01. The van der Waals surface area contributed by atoms with E-state index in [2.05, 4.69) is 0 Å². The Morgan fingerprint density at radius 2 is 1.73 bits per heavy atom. The Balaban J connectivity index is 1.32. The number of para-hydroxylation sites is 1. The van der Waals surface area contributed by atoms with E-state index in [1.165, 1.54) is 6.26 Å². The van der Waals surface area contributed by atoms with Crippen LogP contribution in [0.5, 0.6) is 17.2 Å². The Bertz CT molecular complexity index is 1640. The molecule has 3 aromatic carbocycles. The molecule has 0 bridgehead atoms. The lowest BCUT2D eigenvalue weighted by molar-refractivity contribution is -0.118. The Morgan fingerprint density at radius 1 is 1.02 bits per heavy atom. The van der Waals surface area contributed by atoms with Gasteiger partial charge in [-0.3, -0.25) is 9.52 Å². The molecular weight excluding hydrogens is 554 g/mol. The third-order valence-corrected chi connectivity index (χ3v) is 9.74. The molecule has 0 radical (unpaired) electrons. The van der Waals surface area contributed by atoms with E-state index in [9.17, 15) is 21.6 Å². The molecule has 0 aliphatic carbocycles. The molecule has 2 atom stereocenters. The van der Waals surface area contributed by atoms with Gasteiger partial charge in [0.05, 0.1) is 18.8 Å². The molecule has 5 rings (SSSR count). The van der Waals surface area contributed by atoms with Gasteiger partial charge in [0.15, 0.2) is 6.10 Å². The zero-order chi connectivity index (χ0) is 28.7. The van der Waals surface area contributed by atoms with E-state index in [1.54, 1.807) is 24.3 Å². The average Bonchev–Trinajstić information content (AvgIpc) is 3.40. The number of nitrogens with one attached hydrogen (secondary N) is 1. The number of carbonyl (C=O) groups excluding carboxylic acids is 1. The van der Waals surface area contributed by atoms with Crippen LogP contribution in [-0.2, 0) is 24.7 Å². The smallest absolute Gasteiger partial charge is 0.242 e. The predicted octanol–water partition coefficient (Wildman–Crippen LogP) is 4.19. The van der Waals surface area contributed by atoms with E-state index < -0.39 is 31.0 Å². The van der Waals surface area contributed by atoms with Crippen LogP contribution in [0.3, 0.4) is 0 Å². The van der Waals surface area contributed by atoms with Crippen molar-refractivity contribution in [2.75, 3.05) is 25.2 Å². The number of sulfonamides is 1. The lowest BCUT2D eigenvalue weighted by atomic mass is 9.93. The molecule has 0 saturated carbocycles. The quantitative estimate of drug-likeness (QED) is 0.371. The van der Waals surface area contributed by atoms with Crippen LogP contribution < -0.4 is 18.9 Å². The Hall–Kier alpha value is -3.57. The Kier molecular flexibility index (Phi) is 7.54. The fourth-order valence-electron chi connectivity index (χ4n) is 5.23. The predicted molar refractivity (Wildman–Crippen MR) is 151 cm³/mol. The summed E-state index contributed by atoms with van der Waals surface area (Å²) < 4.78 is 67.3. The van der Waals surface area contributed by atoms with Crippen molar-refractivity contribution in [1.29, 1.82) is 0 Å². The van der Waals surface area contributed by atoms with Crippen LogP contribution in [0.25, 0.3) is 11.1 Å².